The molecule has 1 unspecified atom stereocenters. The molecule has 1 aromatic rings. The standard InChI is InChI=1S/C21H30O/c1-5-6-7-8-14-11-13(2)18-17(12-14)22-16-10-9-15-19(16)20(18)21(15,3)4/h11-12,15-16,19-20H,5-10H2,1-4H3/t15?,16-,19+,20-/m1/s1. The summed E-state index contributed by atoms with van der Waals surface area (Å²) in [6.45, 7) is 9.57. The Balaban J connectivity index is 1.68. The highest BCUT2D eigenvalue weighted by Crippen LogP contribution is 2.70. The Bertz CT molecular complexity index is 586. The smallest absolute Gasteiger partial charge is 0.123 e. The van der Waals surface area contributed by atoms with Gasteiger partial charge >= 0.3 is 0 Å². The van der Waals surface area contributed by atoms with Crippen molar-refractivity contribution >= 4 is 0 Å². The van der Waals surface area contributed by atoms with Crippen LogP contribution in [0.15, 0.2) is 12.1 Å². The van der Waals surface area contributed by atoms with Gasteiger partial charge < -0.3 is 4.74 Å². The topological polar surface area (TPSA) is 9.23 Å². The minimum Gasteiger partial charge on any atom is -0.490 e. The lowest BCUT2D eigenvalue weighted by Gasteiger charge is -2.60. The number of fused-ring (bicyclic) bond motifs is 2. The molecule has 0 bridgehead atoms. The van der Waals surface area contributed by atoms with Gasteiger partial charge in [0.05, 0.1) is 0 Å². The van der Waals surface area contributed by atoms with Gasteiger partial charge in [-0.3, -0.25) is 0 Å². The van der Waals surface area contributed by atoms with Crippen LogP contribution in [0.25, 0.3) is 0 Å². The van der Waals surface area contributed by atoms with Crippen molar-refractivity contribution in [2.75, 3.05) is 0 Å². The molecule has 4 rings (SSSR count). The average molecular weight is 298 g/mol. The molecule has 4 atom stereocenters. The van der Waals surface area contributed by atoms with Crippen LogP contribution < -0.4 is 4.74 Å². The molecule has 22 heavy (non-hydrogen) atoms. The molecule has 1 aliphatic heterocycles. The number of benzene rings is 1. The second-order valence-electron chi connectivity index (χ2n) is 8.50. The molecule has 0 spiro atoms. The van der Waals surface area contributed by atoms with E-state index in [1.165, 1.54) is 55.4 Å². The van der Waals surface area contributed by atoms with Gasteiger partial charge in [-0.1, -0.05) is 39.7 Å². The Labute approximate surface area is 135 Å². The van der Waals surface area contributed by atoms with Crippen LogP contribution in [0.1, 0.15) is 75.5 Å². The highest BCUT2D eigenvalue weighted by Gasteiger charge is 2.64. The third kappa shape index (κ3) is 1.90. The minimum atomic E-state index is 0.465. The van der Waals surface area contributed by atoms with E-state index in [9.17, 15) is 0 Å². The normalized spacial score (nSPS) is 33.6. The molecule has 0 radical (unpaired) electrons. The number of ether oxygens (including phenoxy) is 1. The highest BCUT2D eigenvalue weighted by molar-refractivity contribution is 5.51. The van der Waals surface area contributed by atoms with E-state index in [0.29, 0.717) is 11.5 Å². The summed E-state index contributed by atoms with van der Waals surface area (Å²) >= 11 is 0. The molecule has 0 N–H and O–H groups in total. The third-order valence-corrected chi connectivity index (χ3v) is 6.87. The summed E-state index contributed by atoms with van der Waals surface area (Å²) in [5.74, 6) is 3.65. The summed E-state index contributed by atoms with van der Waals surface area (Å²) in [5, 5.41) is 0. The van der Waals surface area contributed by atoms with Gasteiger partial charge in [0.15, 0.2) is 0 Å². The van der Waals surface area contributed by atoms with Gasteiger partial charge in [-0.2, -0.15) is 0 Å². The van der Waals surface area contributed by atoms with E-state index < -0.39 is 0 Å². The van der Waals surface area contributed by atoms with Crippen molar-refractivity contribution in [3.05, 3.63) is 28.8 Å². The van der Waals surface area contributed by atoms with Crippen LogP contribution in [0.2, 0.25) is 0 Å². The summed E-state index contributed by atoms with van der Waals surface area (Å²) in [4.78, 5) is 0. The molecule has 1 nitrogen and oxygen atoms in total. The van der Waals surface area contributed by atoms with Crippen molar-refractivity contribution in [1.82, 2.24) is 0 Å². The average Bonchev–Trinajstić information content (AvgIpc) is 2.88. The molecule has 2 aliphatic carbocycles. The highest BCUT2D eigenvalue weighted by atomic mass is 16.5. The van der Waals surface area contributed by atoms with Crippen LogP contribution in [0, 0.1) is 24.2 Å². The van der Waals surface area contributed by atoms with Crippen molar-refractivity contribution in [3.8, 4) is 5.75 Å². The van der Waals surface area contributed by atoms with Gasteiger partial charge in [0.2, 0.25) is 0 Å². The molecule has 0 aromatic heterocycles. The van der Waals surface area contributed by atoms with Gasteiger partial charge in [-0.25, -0.2) is 0 Å². The second-order valence-corrected chi connectivity index (χ2v) is 8.50. The Hall–Kier alpha value is -0.980. The third-order valence-electron chi connectivity index (χ3n) is 6.87. The molecule has 1 heteroatoms. The van der Waals surface area contributed by atoms with Crippen LogP contribution in [-0.2, 0) is 6.42 Å². The van der Waals surface area contributed by atoms with E-state index in [2.05, 4.69) is 39.8 Å². The van der Waals surface area contributed by atoms with Crippen molar-refractivity contribution in [2.45, 2.75) is 78.2 Å². The molecule has 1 heterocycles. The van der Waals surface area contributed by atoms with Crippen LogP contribution in [0.4, 0.5) is 0 Å². The number of hydrogen-bond acceptors (Lipinski definition) is 1. The fraction of sp³-hybridized carbons (Fsp3) is 0.714. The Morgan fingerprint density at radius 1 is 1.18 bits per heavy atom. The van der Waals surface area contributed by atoms with E-state index in [1.54, 1.807) is 5.56 Å². The van der Waals surface area contributed by atoms with Crippen LogP contribution in [0.3, 0.4) is 0 Å². The lowest BCUT2D eigenvalue weighted by Crippen LogP contribution is -2.55. The maximum absolute atomic E-state index is 6.48. The predicted octanol–water partition coefficient (Wildman–Crippen LogP) is 5.64. The van der Waals surface area contributed by atoms with Gasteiger partial charge in [0.25, 0.3) is 0 Å². The first kappa shape index (κ1) is 14.6. The Morgan fingerprint density at radius 2 is 2.00 bits per heavy atom. The fourth-order valence-corrected chi connectivity index (χ4v) is 5.83. The van der Waals surface area contributed by atoms with Gasteiger partial charge in [0, 0.05) is 11.5 Å². The maximum atomic E-state index is 6.48. The van der Waals surface area contributed by atoms with Gasteiger partial charge in [-0.15, -0.1) is 0 Å². The Morgan fingerprint density at radius 3 is 2.77 bits per heavy atom. The number of rotatable bonds is 4. The van der Waals surface area contributed by atoms with Gasteiger partial charge in [0.1, 0.15) is 11.9 Å². The molecule has 0 amide bonds. The van der Waals surface area contributed by atoms with E-state index >= 15 is 0 Å². The van der Waals surface area contributed by atoms with Crippen molar-refractivity contribution < 1.29 is 4.74 Å². The minimum absolute atomic E-state index is 0.465. The number of hydrogen-bond donors (Lipinski definition) is 0. The molecular weight excluding hydrogens is 268 g/mol. The zero-order valence-corrected chi connectivity index (χ0v) is 14.6. The van der Waals surface area contributed by atoms with Crippen molar-refractivity contribution in [1.29, 1.82) is 0 Å². The first-order chi connectivity index (χ1) is 10.5. The molecule has 2 saturated carbocycles. The van der Waals surface area contributed by atoms with E-state index in [4.69, 9.17) is 4.74 Å². The SMILES string of the molecule is CCCCCc1cc(C)c2c(c1)O[C@@H]1CCC3[C@@H]1[C@@H]2C3(C)C. The van der Waals surface area contributed by atoms with Crippen LogP contribution in [0.5, 0.6) is 5.75 Å². The zero-order chi connectivity index (χ0) is 15.5. The summed E-state index contributed by atoms with van der Waals surface area (Å²) in [6.07, 6.45) is 8.28. The van der Waals surface area contributed by atoms with Crippen molar-refractivity contribution in [2.24, 2.45) is 17.3 Å². The predicted molar refractivity (Wildman–Crippen MR) is 91.6 cm³/mol. The summed E-state index contributed by atoms with van der Waals surface area (Å²) < 4.78 is 6.48. The number of aryl methyl sites for hydroxylation is 2. The summed E-state index contributed by atoms with van der Waals surface area (Å²) in [6, 6.07) is 4.81. The molecule has 3 aliphatic rings. The summed E-state index contributed by atoms with van der Waals surface area (Å²) in [5.41, 5.74) is 4.97. The fourth-order valence-electron chi connectivity index (χ4n) is 5.83. The molecule has 1 aromatic carbocycles. The largest absolute Gasteiger partial charge is 0.490 e. The second kappa shape index (κ2) is 5.01. The molecule has 120 valence electrons. The van der Waals surface area contributed by atoms with Crippen LogP contribution >= 0.6 is 0 Å². The van der Waals surface area contributed by atoms with Crippen molar-refractivity contribution in [3.63, 3.8) is 0 Å². The first-order valence-corrected chi connectivity index (χ1v) is 9.34. The van der Waals surface area contributed by atoms with E-state index in [-0.39, 0.29) is 0 Å². The molecular formula is C21H30O. The quantitative estimate of drug-likeness (QED) is 0.654. The zero-order valence-electron chi connectivity index (χ0n) is 14.6. The van der Waals surface area contributed by atoms with Crippen LogP contribution in [-0.4, -0.2) is 6.10 Å². The summed E-state index contributed by atoms with van der Waals surface area (Å²) in [7, 11) is 0. The lowest BCUT2D eigenvalue weighted by atomic mass is 9.46. The molecule has 2 fully saturated rings. The monoisotopic (exact) mass is 298 g/mol. The number of unbranched alkanes of at least 4 members (excludes halogenated alkanes) is 2. The lowest BCUT2D eigenvalue weighted by molar-refractivity contribution is -0.0790. The Kier molecular flexibility index (Phi) is 3.33. The maximum Gasteiger partial charge on any atom is 0.123 e. The molecule has 0 saturated heterocycles. The van der Waals surface area contributed by atoms with E-state index in [1.807, 2.05) is 0 Å². The first-order valence-electron chi connectivity index (χ1n) is 9.34. The van der Waals surface area contributed by atoms with Gasteiger partial charge in [-0.05, 0) is 67.1 Å². The van der Waals surface area contributed by atoms with E-state index in [0.717, 1.165) is 17.8 Å².